The fourth-order valence-corrected chi connectivity index (χ4v) is 1.47. The average molecular weight is 385 g/mol. The number of hydrogen-bond acceptors (Lipinski definition) is 4. The van der Waals surface area contributed by atoms with Crippen molar-refractivity contribution in [1.82, 2.24) is 0 Å². The molecule has 0 aromatic carbocycles. The predicted molar refractivity (Wildman–Crippen MR) is 79.1 cm³/mol. The second-order valence-corrected chi connectivity index (χ2v) is 5.17. The van der Waals surface area contributed by atoms with Crippen LogP contribution in [0.3, 0.4) is 0 Å². The van der Waals surface area contributed by atoms with Gasteiger partial charge >= 0.3 is 103 Å². The summed E-state index contributed by atoms with van der Waals surface area (Å²) in [6.45, 7) is 7.99. The van der Waals surface area contributed by atoms with Crippen LogP contribution in [0.5, 0.6) is 0 Å². The smallest absolute Gasteiger partial charge is 1.00 e. The van der Waals surface area contributed by atoms with Crippen molar-refractivity contribution in [3.63, 3.8) is 0 Å². The fraction of sp³-hybridized carbons (Fsp3) is 0.625. The van der Waals surface area contributed by atoms with Crippen LogP contribution in [-0.4, -0.2) is 12.6 Å². The minimum Gasteiger partial charge on any atom is -2.00 e. The fourth-order valence-electron chi connectivity index (χ4n) is 1.47. The van der Waals surface area contributed by atoms with Crippen molar-refractivity contribution < 1.29 is 123 Å². The first-order chi connectivity index (χ1) is 9.40. The monoisotopic (exact) mass is 384 g/mol. The first-order valence-electron chi connectivity index (χ1n) is 6.61. The van der Waals surface area contributed by atoms with Crippen LogP contribution in [0.1, 0.15) is 47.0 Å². The Labute approximate surface area is 230 Å². The van der Waals surface area contributed by atoms with Crippen LogP contribution in [0.4, 0.5) is 0 Å². The third-order valence-electron chi connectivity index (χ3n) is 2.21. The van der Waals surface area contributed by atoms with Crippen molar-refractivity contribution in [3.8, 4) is 12.1 Å². The molecule has 8 heteroatoms. The normalized spacial score (nSPS) is 9.92. The Kier molecular flexibility index (Phi) is 48.5. The van der Waals surface area contributed by atoms with Gasteiger partial charge in [-0.05, 0) is 23.8 Å². The molecule has 0 fully saturated rings. The van der Waals surface area contributed by atoms with Crippen LogP contribution in [0.2, 0.25) is 0 Å². The molecule has 0 spiro atoms. The quantitative estimate of drug-likeness (QED) is 0.263. The van der Waals surface area contributed by atoms with Crippen molar-refractivity contribution in [3.05, 3.63) is 11.6 Å². The van der Waals surface area contributed by atoms with Crippen molar-refractivity contribution in [2.75, 3.05) is 0 Å². The van der Waals surface area contributed by atoms with Gasteiger partial charge in [0.15, 0.2) is 0 Å². The van der Waals surface area contributed by atoms with Crippen molar-refractivity contribution >= 4 is 12.6 Å². The topological polar surface area (TPSA) is 139 Å². The standard InChI is InChI=1S/C8H12NO.C8H10NO.2K.2O/c2*1-7(2)5-8(6-9)3-4-10;;;;/h7-8H,3,5H2,1-2H3;5,7H,3H2,1-2H3;;;;/q2*-1;2*+1;2*-2. The molecule has 0 amide bonds. The Morgan fingerprint density at radius 1 is 1.04 bits per heavy atom. The summed E-state index contributed by atoms with van der Waals surface area (Å²) < 4.78 is 0. The Hall–Kier alpha value is 1.25. The molecule has 0 heterocycles. The molecule has 0 N–H and O–H groups in total. The zero-order valence-electron chi connectivity index (χ0n) is 15.5. The molecule has 0 aromatic heterocycles. The molecule has 0 saturated carbocycles. The van der Waals surface area contributed by atoms with Crippen LogP contribution in [-0.2, 0) is 20.5 Å². The van der Waals surface area contributed by atoms with Crippen LogP contribution < -0.4 is 103 Å². The van der Waals surface area contributed by atoms with E-state index in [1.165, 1.54) is 0 Å². The molecule has 0 saturated heterocycles. The first-order valence-corrected chi connectivity index (χ1v) is 6.61. The number of allylic oxidation sites excluding steroid dienone is 2. The Balaban J connectivity index is -0.0000000579. The van der Waals surface area contributed by atoms with Crippen LogP contribution in [0, 0.1) is 40.4 Å². The molecule has 126 valence electrons. The summed E-state index contributed by atoms with van der Waals surface area (Å²) in [5.74, 6) is 0.679. The Bertz CT molecular complexity index is 400. The number of rotatable bonds is 7. The molecule has 0 aliphatic carbocycles. The van der Waals surface area contributed by atoms with E-state index in [9.17, 15) is 9.59 Å². The second-order valence-electron chi connectivity index (χ2n) is 5.17. The van der Waals surface area contributed by atoms with Crippen LogP contribution in [0.15, 0.2) is 11.6 Å². The maximum absolute atomic E-state index is 9.88. The van der Waals surface area contributed by atoms with Gasteiger partial charge in [-0.25, -0.2) is 0 Å². The third kappa shape index (κ3) is 31.1. The molecule has 1 unspecified atom stereocenters. The maximum Gasteiger partial charge on any atom is 1.00 e. The van der Waals surface area contributed by atoms with E-state index in [4.69, 9.17) is 10.5 Å². The zero-order chi connectivity index (χ0) is 16.0. The molecule has 24 heavy (non-hydrogen) atoms. The van der Waals surface area contributed by atoms with Gasteiger partial charge in [0.05, 0.1) is 12.1 Å². The summed E-state index contributed by atoms with van der Waals surface area (Å²) in [5, 5.41) is 16.9. The van der Waals surface area contributed by atoms with E-state index in [1.54, 1.807) is 18.6 Å². The van der Waals surface area contributed by atoms with Gasteiger partial charge in [-0.3, -0.25) is 12.6 Å². The SMILES string of the molecule is CC(C)C=C(C#N)C[C-]=O.CC(C)CC(C#N)C[C-]=O.[K+].[K+].[O-2].[O-2]. The van der Waals surface area contributed by atoms with E-state index < -0.39 is 0 Å². The van der Waals surface area contributed by atoms with E-state index in [0.29, 0.717) is 17.4 Å². The van der Waals surface area contributed by atoms with E-state index in [1.807, 2.05) is 33.8 Å². The van der Waals surface area contributed by atoms with Gasteiger partial charge in [0.25, 0.3) is 0 Å². The number of hydrogen-bond donors (Lipinski definition) is 0. The van der Waals surface area contributed by atoms with Gasteiger partial charge in [-0.1, -0.05) is 33.8 Å². The zero-order valence-corrected chi connectivity index (χ0v) is 21.7. The number of carbonyl (C=O) groups excluding carboxylic acids is 2. The van der Waals surface area contributed by atoms with Crippen molar-refractivity contribution in [1.29, 1.82) is 10.5 Å². The molecule has 0 aliphatic rings. The van der Waals surface area contributed by atoms with Crippen molar-refractivity contribution in [2.24, 2.45) is 17.8 Å². The van der Waals surface area contributed by atoms with E-state index in [-0.39, 0.29) is 132 Å². The molecular formula is C16H22K2N2O4-4. The van der Waals surface area contributed by atoms with Crippen LogP contribution in [0.25, 0.3) is 0 Å². The summed E-state index contributed by atoms with van der Waals surface area (Å²) in [7, 11) is 0. The maximum atomic E-state index is 9.88. The third-order valence-corrected chi connectivity index (χ3v) is 2.21. The molecule has 1 atom stereocenters. The second kappa shape index (κ2) is 29.0. The van der Waals surface area contributed by atoms with Gasteiger partial charge in [0.2, 0.25) is 0 Å². The van der Waals surface area contributed by atoms with Gasteiger partial charge in [0.1, 0.15) is 0 Å². The number of nitrogens with zero attached hydrogens (tertiary/aromatic N) is 2. The molecule has 0 aromatic rings. The first kappa shape index (κ1) is 40.1. The Morgan fingerprint density at radius 2 is 1.54 bits per heavy atom. The molecule has 0 rings (SSSR count). The van der Waals surface area contributed by atoms with Gasteiger partial charge in [0, 0.05) is 5.92 Å². The minimum absolute atomic E-state index is 0. The molecule has 0 bridgehead atoms. The van der Waals surface area contributed by atoms with Gasteiger partial charge < -0.3 is 20.5 Å². The summed E-state index contributed by atoms with van der Waals surface area (Å²) in [4.78, 5) is 19.7. The van der Waals surface area contributed by atoms with Crippen LogP contribution >= 0.6 is 0 Å². The number of nitriles is 2. The average Bonchev–Trinajstić information content (AvgIpc) is 2.37. The van der Waals surface area contributed by atoms with E-state index in [0.717, 1.165) is 6.42 Å². The van der Waals surface area contributed by atoms with E-state index in [2.05, 4.69) is 6.07 Å². The predicted octanol–water partition coefficient (Wildman–Crippen LogP) is -2.97. The molecular weight excluding hydrogens is 362 g/mol. The summed E-state index contributed by atoms with van der Waals surface area (Å²) >= 11 is 0. The molecule has 6 nitrogen and oxygen atoms in total. The van der Waals surface area contributed by atoms with Gasteiger partial charge in [-0.15, -0.1) is 12.8 Å². The van der Waals surface area contributed by atoms with Crippen molar-refractivity contribution in [2.45, 2.75) is 47.0 Å². The van der Waals surface area contributed by atoms with E-state index >= 15 is 0 Å². The Morgan fingerprint density at radius 3 is 1.79 bits per heavy atom. The summed E-state index contributed by atoms with van der Waals surface area (Å²) in [6, 6.07) is 4.00. The molecule has 0 aliphatic heterocycles. The summed E-state index contributed by atoms with van der Waals surface area (Å²) in [6.07, 6.45) is 6.38. The van der Waals surface area contributed by atoms with Gasteiger partial charge in [-0.2, -0.15) is 10.5 Å². The summed E-state index contributed by atoms with van der Waals surface area (Å²) in [5.41, 5.74) is 0.505. The molecule has 0 radical (unpaired) electrons. The minimum atomic E-state index is -0.127. The largest absolute Gasteiger partial charge is 2.00 e.